The molecule has 4 nitrogen and oxygen atoms in total. The second-order valence-corrected chi connectivity index (χ2v) is 4.71. The van der Waals surface area contributed by atoms with Crippen molar-refractivity contribution in [2.45, 2.75) is 31.8 Å². The van der Waals surface area contributed by atoms with Gasteiger partial charge in [-0.15, -0.1) is 0 Å². The van der Waals surface area contributed by atoms with E-state index in [4.69, 9.17) is 9.47 Å². The van der Waals surface area contributed by atoms with Crippen LogP contribution in [0.3, 0.4) is 0 Å². The van der Waals surface area contributed by atoms with E-state index in [1.165, 1.54) is 20.6 Å². The first-order valence-corrected chi connectivity index (χ1v) is 6.57. The van der Waals surface area contributed by atoms with Gasteiger partial charge in [0.05, 0.1) is 14.2 Å². The number of rotatable bonds is 5. The topological polar surface area (TPSA) is 50.7 Å². The van der Waals surface area contributed by atoms with Crippen LogP contribution in [0.25, 0.3) is 0 Å². The molecular weight excluding hydrogens is 242 g/mol. The maximum atomic E-state index is 9.85. The van der Waals surface area contributed by atoms with E-state index in [0.29, 0.717) is 17.5 Å². The van der Waals surface area contributed by atoms with Crippen LogP contribution in [0, 0.1) is 0 Å². The Labute approximate surface area is 114 Å². The highest BCUT2D eigenvalue weighted by molar-refractivity contribution is 5.52. The summed E-state index contributed by atoms with van der Waals surface area (Å²) in [5, 5.41) is 13.4. The van der Waals surface area contributed by atoms with Crippen LogP contribution in [0.15, 0.2) is 24.3 Å². The first-order valence-electron chi connectivity index (χ1n) is 6.57. The largest absolute Gasteiger partial charge is 0.502 e. The third-order valence-corrected chi connectivity index (χ3v) is 3.40. The molecule has 0 bridgehead atoms. The molecule has 0 heterocycles. The smallest absolute Gasteiger partial charge is 0.200 e. The van der Waals surface area contributed by atoms with Gasteiger partial charge in [0.25, 0.3) is 0 Å². The van der Waals surface area contributed by atoms with Crippen LogP contribution in [-0.4, -0.2) is 25.4 Å². The van der Waals surface area contributed by atoms with E-state index in [-0.39, 0.29) is 5.75 Å². The fraction of sp³-hybridized carbons (Fsp3) is 0.467. The summed E-state index contributed by atoms with van der Waals surface area (Å²) < 4.78 is 10.3. The average Bonchev–Trinajstić information content (AvgIpc) is 2.47. The Bertz CT molecular complexity index is 432. The Balaban J connectivity index is 2.05. The molecule has 1 aliphatic carbocycles. The maximum Gasteiger partial charge on any atom is 0.200 e. The van der Waals surface area contributed by atoms with Crippen LogP contribution < -0.4 is 14.8 Å². The standard InChI is InChI=1S/C15H21NO3/c1-18-13-8-11(9-14(19-2)15(13)17)10-16-12-6-4-3-5-7-12/h3-4,8-9,12,16-17H,5-7,10H2,1-2H3. The number of methoxy groups -OCH3 is 2. The molecule has 104 valence electrons. The zero-order valence-electron chi connectivity index (χ0n) is 11.5. The quantitative estimate of drug-likeness (QED) is 0.802. The summed E-state index contributed by atoms with van der Waals surface area (Å²) in [4.78, 5) is 0. The minimum Gasteiger partial charge on any atom is -0.502 e. The van der Waals surface area contributed by atoms with Gasteiger partial charge >= 0.3 is 0 Å². The van der Waals surface area contributed by atoms with Gasteiger partial charge in [-0.2, -0.15) is 0 Å². The SMILES string of the molecule is COc1cc(CNC2CC=CCC2)cc(OC)c1O. The monoisotopic (exact) mass is 263 g/mol. The van der Waals surface area contributed by atoms with Crippen molar-refractivity contribution in [2.75, 3.05) is 14.2 Å². The lowest BCUT2D eigenvalue weighted by atomic mass is 10.0. The van der Waals surface area contributed by atoms with E-state index in [1.807, 2.05) is 12.1 Å². The van der Waals surface area contributed by atoms with Crippen LogP contribution in [0.1, 0.15) is 24.8 Å². The van der Waals surface area contributed by atoms with Crippen LogP contribution in [0.5, 0.6) is 17.2 Å². The fourth-order valence-corrected chi connectivity index (χ4v) is 2.29. The number of nitrogens with one attached hydrogen (secondary N) is 1. The molecule has 0 fully saturated rings. The minimum atomic E-state index is 0.0503. The van der Waals surface area contributed by atoms with Gasteiger partial charge < -0.3 is 19.9 Å². The van der Waals surface area contributed by atoms with Crippen LogP contribution in [-0.2, 0) is 6.54 Å². The van der Waals surface area contributed by atoms with Gasteiger partial charge in [-0.1, -0.05) is 12.2 Å². The minimum absolute atomic E-state index is 0.0503. The number of hydrogen-bond acceptors (Lipinski definition) is 4. The number of benzene rings is 1. The van der Waals surface area contributed by atoms with E-state index < -0.39 is 0 Å². The van der Waals surface area contributed by atoms with Crippen LogP contribution in [0.4, 0.5) is 0 Å². The predicted octanol–water partition coefficient (Wildman–Crippen LogP) is 2.61. The molecular formula is C15H21NO3. The average molecular weight is 263 g/mol. The molecule has 19 heavy (non-hydrogen) atoms. The van der Waals surface area contributed by atoms with Crippen molar-refractivity contribution < 1.29 is 14.6 Å². The third kappa shape index (κ3) is 3.41. The lowest BCUT2D eigenvalue weighted by Gasteiger charge is -2.20. The molecule has 0 aromatic heterocycles. The number of hydrogen-bond donors (Lipinski definition) is 2. The molecule has 1 unspecified atom stereocenters. The van der Waals surface area contributed by atoms with Crippen molar-refractivity contribution in [1.82, 2.24) is 5.32 Å². The van der Waals surface area contributed by atoms with Gasteiger partial charge in [0, 0.05) is 12.6 Å². The summed E-state index contributed by atoms with van der Waals surface area (Å²) in [6.07, 6.45) is 7.83. The van der Waals surface area contributed by atoms with Crippen LogP contribution in [0.2, 0.25) is 0 Å². The zero-order valence-corrected chi connectivity index (χ0v) is 11.5. The zero-order chi connectivity index (χ0) is 13.7. The lowest BCUT2D eigenvalue weighted by molar-refractivity contribution is 0.338. The molecule has 4 heteroatoms. The van der Waals surface area contributed by atoms with E-state index >= 15 is 0 Å². The van der Waals surface area contributed by atoms with E-state index in [0.717, 1.165) is 24.9 Å². The summed E-state index contributed by atoms with van der Waals surface area (Å²) in [6.45, 7) is 0.742. The maximum absolute atomic E-state index is 9.85. The predicted molar refractivity (Wildman–Crippen MR) is 74.8 cm³/mol. The summed E-state index contributed by atoms with van der Waals surface area (Å²) in [6, 6.07) is 4.20. The van der Waals surface area contributed by atoms with Crippen LogP contribution >= 0.6 is 0 Å². The number of ether oxygens (including phenoxy) is 2. The van der Waals surface area contributed by atoms with Crippen molar-refractivity contribution in [2.24, 2.45) is 0 Å². The molecule has 0 amide bonds. The Kier molecular flexibility index (Phi) is 4.68. The highest BCUT2D eigenvalue weighted by atomic mass is 16.5. The Hall–Kier alpha value is -1.68. The molecule has 2 N–H and O–H groups in total. The summed E-state index contributed by atoms with van der Waals surface area (Å²) in [7, 11) is 3.08. The van der Waals surface area contributed by atoms with Gasteiger partial charge in [-0.05, 0) is 37.0 Å². The molecule has 0 spiro atoms. The molecule has 0 saturated carbocycles. The number of allylic oxidation sites excluding steroid dienone is 1. The molecule has 1 atom stereocenters. The van der Waals surface area contributed by atoms with Crippen molar-refractivity contribution in [3.63, 3.8) is 0 Å². The third-order valence-electron chi connectivity index (χ3n) is 3.40. The Morgan fingerprint density at radius 2 is 1.89 bits per heavy atom. The van der Waals surface area contributed by atoms with E-state index in [9.17, 15) is 5.11 Å². The lowest BCUT2D eigenvalue weighted by Crippen LogP contribution is -2.29. The van der Waals surface area contributed by atoms with Gasteiger partial charge in [0.15, 0.2) is 11.5 Å². The van der Waals surface area contributed by atoms with E-state index in [2.05, 4.69) is 17.5 Å². The second kappa shape index (κ2) is 6.48. The van der Waals surface area contributed by atoms with Gasteiger partial charge in [0.1, 0.15) is 0 Å². The summed E-state index contributed by atoms with van der Waals surface area (Å²) in [5.41, 5.74) is 1.04. The van der Waals surface area contributed by atoms with Crippen molar-refractivity contribution in [1.29, 1.82) is 0 Å². The van der Waals surface area contributed by atoms with E-state index in [1.54, 1.807) is 0 Å². The highest BCUT2D eigenvalue weighted by Gasteiger charge is 2.13. The molecule has 0 saturated heterocycles. The normalized spacial score (nSPS) is 18.3. The highest BCUT2D eigenvalue weighted by Crippen LogP contribution is 2.37. The Morgan fingerprint density at radius 3 is 2.42 bits per heavy atom. The van der Waals surface area contributed by atoms with Crippen molar-refractivity contribution in [3.05, 3.63) is 29.8 Å². The first-order chi connectivity index (χ1) is 9.24. The Morgan fingerprint density at radius 1 is 1.21 bits per heavy atom. The first kappa shape index (κ1) is 13.7. The number of phenols is 1. The number of phenolic OH excluding ortho intramolecular Hbond substituents is 1. The second-order valence-electron chi connectivity index (χ2n) is 4.71. The number of aromatic hydroxyl groups is 1. The van der Waals surface area contributed by atoms with Gasteiger partial charge in [-0.3, -0.25) is 0 Å². The fourth-order valence-electron chi connectivity index (χ4n) is 2.29. The van der Waals surface area contributed by atoms with Gasteiger partial charge in [0.2, 0.25) is 5.75 Å². The molecule has 0 aliphatic heterocycles. The van der Waals surface area contributed by atoms with Crippen molar-refractivity contribution >= 4 is 0 Å². The summed E-state index contributed by atoms with van der Waals surface area (Å²) in [5.74, 6) is 0.939. The molecule has 1 aromatic carbocycles. The molecule has 0 radical (unpaired) electrons. The molecule has 2 rings (SSSR count). The summed E-state index contributed by atoms with van der Waals surface area (Å²) >= 11 is 0. The van der Waals surface area contributed by atoms with Crippen molar-refractivity contribution in [3.8, 4) is 17.2 Å². The molecule has 1 aromatic rings. The van der Waals surface area contributed by atoms with Gasteiger partial charge in [-0.25, -0.2) is 0 Å². The molecule has 1 aliphatic rings.